The van der Waals surface area contributed by atoms with E-state index in [0.29, 0.717) is 12.4 Å². The van der Waals surface area contributed by atoms with Gasteiger partial charge in [-0.2, -0.15) is 0 Å². The Balaban J connectivity index is 2.64. The molecule has 0 saturated carbocycles. The van der Waals surface area contributed by atoms with Crippen LogP contribution in [0.2, 0.25) is 0 Å². The Hall–Kier alpha value is -2.39. The molecule has 0 bridgehead atoms. The van der Waals surface area contributed by atoms with Gasteiger partial charge >= 0.3 is 0 Å². The first-order chi connectivity index (χ1) is 9.13. The summed E-state index contributed by atoms with van der Waals surface area (Å²) in [6, 6.07) is 0. The van der Waals surface area contributed by atoms with Crippen molar-refractivity contribution in [3.63, 3.8) is 0 Å². The zero-order chi connectivity index (χ0) is 13.8. The lowest BCUT2D eigenvalue weighted by atomic mass is 10.2. The Labute approximate surface area is 112 Å². The second kappa shape index (κ2) is 5.50. The number of aromatic nitrogens is 3. The minimum atomic E-state index is 0.320. The van der Waals surface area contributed by atoms with Crippen molar-refractivity contribution in [2.75, 3.05) is 20.6 Å². The van der Waals surface area contributed by atoms with E-state index in [-0.39, 0.29) is 0 Å². The molecule has 0 aliphatic rings. The number of rotatable bonds is 2. The Morgan fingerprint density at radius 1 is 1.47 bits per heavy atom. The fourth-order valence-corrected chi connectivity index (χ4v) is 1.70. The highest BCUT2D eigenvalue weighted by molar-refractivity contribution is 5.93. The molecule has 0 amide bonds. The molecule has 0 aromatic carbocycles. The highest BCUT2D eigenvalue weighted by Crippen LogP contribution is 2.26. The van der Waals surface area contributed by atoms with Crippen LogP contribution in [0, 0.1) is 11.8 Å². The molecule has 0 radical (unpaired) electrons. The molecule has 98 valence electrons. The van der Waals surface area contributed by atoms with E-state index in [1.54, 1.807) is 6.34 Å². The Morgan fingerprint density at radius 2 is 2.26 bits per heavy atom. The van der Waals surface area contributed by atoms with Crippen LogP contribution in [0.1, 0.15) is 5.56 Å². The van der Waals surface area contributed by atoms with Gasteiger partial charge in [0.05, 0.1) is 23.8 Å². The minimum Gasteiger partial charge on any atom is -0.369 e. The van der Waals surface area contributed by atoms with Crippen molar-refractivity contribution < 1.29 is 0 Å². The maximum atomic E-state index is 5.42. The van der Waals surface area contributed by atoms with E-state index >= 15 is 0 Å². The average molecular weight is 256 g/mol. The van der Waals surface area contributed by atoms with Crippen molar-refractivity contribution in [2.24, 2.45) is 17.8 Å². The summed E-state index contributed by atoms with van der Waals surface area (Å²) in [5, 5.41) is 0.851. The summed E-state index contributed by atoms with van der Waals surface area (Å²) in [6.07, 6.45) is 5.12. The van der Waals surface area contributed by atoms with Crippen LogP contribution in [-0.2, 0) is 7.05 Å². The molecular formula is C13H16N6. The Bertz CT molecular complexity index is 671. The number of hydrogen-bond acceptors (Lipinski definition) is 4. The van der Waals surface area contributed by atoms with Gasteiger partial charge in [-0.05, 0) is 0 Å². The summed E-state index contributed by atoms with van der Waals surface area (Å²) in [7, 11) is 5.73. The molecule has 0 atom stereocenters. The van der Waals surface area contributed by atoms with Crippen molar-refractivity contribution in [1.82, 2.24) is 19.4 Å². The van der Waals surface area contributed by atoms with Crippen LogP contribution in [0.15, 0.2) is 17.5 Å². The van der Waals surface area contributed by atoms with Gasteiger partial charge in [-0.25, -0.2) is 15.0 Å². The number of fused-ring (bicyclic) bond motifs is 1. The van der Waals surface area contributed by atoms with Crippen molar-refractivity contribution >= 4 is 23.2 Å². The third-order valence-corrected chi connectivity index (χ3v) is 2.47. The molecule has 0 spiro atoms. The monoisotopic (exact) mass is 256 g/mol. The van der Waals surface area contributed by atoms with Gasteiger partial charge in [0, 0.05) is 27.3 Å². The quantitative estimate of drug-likeness (QED) is 0.482. The van der Waals surface area contributed by atoms with E-state index in [4.69, 9.17) is 5.73 Å². The second-order valence-electron chi connectivity index (χ2n) is 4.26. The van der Waals surface area contributed by atoms with Gasteiger partial charge < -0.3 is 15.2 Å². The van der Waals surface area contributed by atoms with Crippen LogP contribution in [0.4, 0.5) is 5.82 Å². The topological polar surface area (TPSA) is 72.3 Å². The lowest BCUT2D eigenvalue weighted by molar-refractivity contribution is 0.643. The van der Waals surface area contributed by atoms with Gasteiger partial charge in [-0.15, -0.1) is 0 Å². The summed E-state index contributed by atoms with van der Waals surface area (Å²) in [5.74, 6) is 6.49. The first-order valence-electron chi connectivity index (χ1n) is 5.83. The summed E-state index contributed by atoms with van der Waals surface area (Å²) in [5.41, 5.74) is 7.07. The maximum absolute atomic E-state index is 5.42. The normalized spacial score (nSPS) is 10.7. The summed E-state index contributed by atoms with van der Waals surface area (Å²) in [4.78, 5) is 14.7. The van der Waals surface area contributed by atoms with E-state index < -0.39 is 0 Å². The van der Waals surface area contributed by atoms with Gasteiger partial charge in [0.2, 0.25) is 0 Å². The molecule has 6 heteroatoms. The van der Waals surface area contributed by atoms with Crippen LogP contribution in [0.3, 0.4) is 0 Å². The van der Waals surface area contributed by atoms with Gasteiger partial charge in [0.1, 0.15) is 12.0 Å². The van der Waals surface area contributed by atoms with E-state index in [2.05, 4.69) is 26.8 Å². The number of nitrogens with two attached hydrogens (primary N) is 1. The van der Waals surface area contributed by atoms with Crippen LogP contribution in [-0.4, -0.2) is 46.4 Å². The first-order valence-corrected chi connectivity index (χ1v) is 5.83. The van der Waals surface area contributed by atoms with E-state index in [0.717, 1.165) is 16.6 Å². The summed E-state index contributed by atoms with van der Waals surface area (Å²) >= 11 is 0. The fourth-order valence-electron chi connectivity index (χ4n) is 1.70. The molecule has 0 saturated heterocycles. The van der Waals surface area contributed by atoms with Gasteiger partial charge in [0.15, 0.2) is 5.82 Å². The largest absolute Gasteiger partial charge is 0.369 e. The Morgan fingerprint density at radius 3 is 2.95 bits per heavy atom. The number of hydrogen-bond donors (Lipinski definition) is 1. The minimum absolute atomic E-state index is 0.320. The van der Waals surface area contributed by atoms with E-state index in [9.17, 15) is 0 Å². The lowest BCUT2D eigenvalue weighted by Gasteiger charge is -2.02. The second-order valence-corrected chi connectivity index (χ2v) is 4.26. The van der Waals surface area contributed by atoms with E-state index in [1.807, 2.05) is 36.8 Å². The van der Waals surface area contributed by atoms with Crippen LogP contribution in [0.5, 0.6) is 0 Å². The average Bonchev–Trinajstić information content (AvgIpc) is 2.71. The van der Waals surface area contributed by atoms with Gasteiger partial charge in [-0.1, -0.05) is 11.8 Å². The van der Waals surface area contributed by atoms with Crippen molar-refractivity contribution in [3.05, 3.63) is 18.1 Å². The molecule has 0 fully saturated rings. The van der Waals surface area contributed by atoms with Crippen molar-refractivity contribution in [1.29, 1.82) is 0 Å². The maximum Gasteiger partial charge on any atom is 0.167 e. The standard InChI is InChI=1S/C13H16N6/c1-18(2)9-17-12-11-10(5-4-6-14)7-19(3)13(11)16-8-15-12/h7-9H,6,14H2,1-3H3. The first kappa shape index (κ1) is 13.1. The predicted octanol–water partition coefficient (Wildman–Crippen LogP) is 0.500. The molecule has 0 aliphatic heterocycles. The van der Waals surface area contributed by atoms with Crippen molar-refractivity contribution in [3.8, 4) is 11.8 Å². The van der Waals surface area contributed by atoms with E-state index in [1.165, 1.54) is 6.33 Å². The van der Waals surface area contributed by atoms with Gasteiger partial charge in [-0.3, -0.25) is 0 Å². The smallest absolute Gasteiger partial charge is 0.167 e. The van der Waals surface area contributed by atoms with Crippen LogP contribution >= 0.6 is 0 Å². The number of aliphatic imine (C=N–C) groups is 1. The van der Waals surface area contributed by atoms with Gasteiger partial charge in [0.25, 0.3) is 0 Å². The third-order valence-electron chi connectivity index (χ3n) is 2.47. The van der Waals surface area contributed by atoms with Crippen LogP contribution < -0.4 is 5.73 Å². The zero-order valence-electron chi connectivity index (χ0n) is 11.3. The SMILES string of the molecule is CN(C)C=Nc1ncnc2c1c(C#CCN)cn2C. The molecule has 2 aromatic heterocycles. The molecule has 19 heavy (non-hydrogen) atoms. The third kappa shape index (κ3) is 2.72. The molecule has 0 aliphatic carbocycles. The summed E-state index contributed by atoms with van der Waals surface area (Å²) in [6.45, 7) is 0.320. The number of nitrogens with zero attached hydrogens (tertiary/aromatic N) is 5. The molecule has 6 nitrogen and oxygen atoms in total. The molecule has 2 N–H and O–H groups in total. The molecule has 0 unspecified atom stereocenters. The molecule has 2 aromatic rings. The molecule has 2 rings (SSSR count). The highest BCUT2D eigenvalue weighted by atomic mass is 15.1. The number of aryl methyl sites for hydroxylation is 1. The molecular weight excluding hydrogens is 240 g/mol. The van der Waals surface area contributed by atoms with Crippen molar-refractivity contribution in [2.45, 2.75) is 0 Å². The predicted molar refractivity (Wildman–Crippen MR) is 76.3 cm³/mol. The highest BCUT2D eigenvalue weighted by Gasteiger charge is 2.11. The molecule has 2 heterocycles. The summed E-state index contributed by atoms with van der Waals surface area (Å²) < 4.78 is 1.91. The van der Waals surface area contributed by atoms with Crippen LogP contribution in [0.25, 0.3) is 11.0 Å². The fraction of sp³-hybridized carbons (Fsp3) is 0.308. The zero-order valence-corrected chi connectivity index (χ0v) is 11.3. The lowest BCUT2D eigenvalue weighted by Crippen LogP contribution is -2.07. The Kier molecular flexibility index (Phi) is 3.78.